The molecule has 0 radical (unpaired) electrons. The van der Waals surface area contributed by atoms with Crippen LogP contribution in [-0.4, -0.2) is 9.78 Å². The molecule has 6 heteroatoms. The van der Waals surface area contributed by atoms with E-state index in [4.69, 9.17) is 10.5 Å². The van der Waals surface area contributed by atoms with Gasteiger partial charge in [-0.3, -0.25) is 4.68 Å². The van der Waals surface area contributed by atoms with Crippen molar-refractivity contribution in [1.82, 2.24) is 9.78 Å². The molecule has 1 aromatic heterocycles. The van der Waals surface area contributed by atoms with Crippen molar-refractivity contribution < 1.29 is 13.5 Å². The summed E-state index contributed by atoms with van der Waals surface area (Å²) in [4.78, 5) is 0. The molecule has 2 N–H and O–H groups in total. The highest BCUT2D eigenvalue weighted by atomic mass is 19.2. The summed E-state index contributed by atoms with van der Waals surface area (Å²) in [5.74, 6) is -2.24. The number of hydrogen-bond donors (Lipinski definition) is 1. The molecule has 84 valence electrons. The van der Waals surface area contributed by atoms with Crippen molar-refractivity contribution in [2.75, 3.05) is 5.73 Å². The third kappa shape index (κ3) is 1.81. The monoisotopic (exact) mass is 225 g/mol. The number of aromatic nitrogens is 2. The molecule has 1 heterocycles. The average Bonchev–Trinajstić information content (AvgIpc) is 2.53. The third-order valence-electron chi connectivity index (χ3n) is 1.94. The number of nitrogens with zero attached hydrogens (tertiary/aromatic N) is 2. The molecule has 16 heavy (non-hydrogen) atoms. The van der Waals surface area contributed by atoms with Gasteiger partial charge in [-0.25, -0.2) is 4.39 Å². The van der Waals surface area contributed by atoms with E-state index in [0.29, 0.717) is 0 Å². The van der Waals surface area contributed by atoms with Gasteiger partial charge in [0.05, 0.1) is 6.20 Å². The van der Waals surface area contributed by atoms with Crippen LogP contribution in [0.25, 0.3) is 0 Å². The van der Waals surface area contributed by atoms with Gasteiger partial charge in [0.25, 0.3) is 5.88 Å². The average molecular weight is 225 g/mol. The summed E-state index contributed by atoms with van der Waals surface area (Å²) in [7, 11) is 1.64. The standard InChI is InChI=1S/C10H9F2N3O/c1-15-5-7(13)10(14-15)16-8-4-2-3-6(11)9(8)12/h2-5H,13H2,1H3. The van der Waals surface area contributed by atoms with Gasteiger partial charge in [-0.05, 0) is 12.1 Å². The number of hydrogen-bond acceptors (Lipinski definition) is 3. The molecular weight excluding hydrogens is 216 g/mol. The maximum absolute atomic E-state index is 13.3. The Balaban J connectivity index is 2.34. The van der Waals surface area contributed by atoms with Crippen LogP contribution in [0.2, 0.25) is 0 Å². The molecule has 0 atom stereocenters. The second kappa shape index (κ2) is 3.80. The van der Waals surface area contributed by atoms with E-state index in [0.717, 1.165) is 6.07 Å². The molecule has 2 rings (SSSR count). The van der Waals surface area contributed by atoms with Crippen LogP contribution in [0.5, 0.6) is 11.6 Å². The summed E-state index contributed by atoms with van der Waals surface area (Å²) < 4.78 is 32.6. The summed E-state index contributed by atoms with van der Waals surface area (Å²) in [6, 6.07) is 3.64. The number of halogens is 2. The van der Waals surface area contributed by atoms with E-state index in [9.17, 15) is 8.78 Å². The van der Waals surface area contributed by atoms with Gasteiger partial charge in [-0.2, -0.15) is 4.39 Å². The van der Waals surface area contributed by atoms with E-state index in [-0.39, 0.29) is 17.3 Å². The van der Waals surface area contributed by atoms with E-state index < -0.39 is 11.6 Å². The second-order valence-corrected chi connectivity index (χ2v) is 3.22. The fraction of sp³-hybridized carbons (Fsp3) is 0.100. The van der Waals surface area contributed by atoms with Crippen LogP contribution in [0, 0.1) is 11.6 Å². The maximum Gasteiger partial charge on any atom is 0.261 e. The molecule has 0 saturated heterocycles. The lowest BCUT2D eigenvalue weighted by Crippen LogP contribution is -1.95. The summed E-state index contributed by atoms with van der Waals surface area (Å²) in [6.45, 7) is 0. The quantitative estimate of drug-likeness (QED) is 0.851. The first-order valence-corrected chi connectivity index (χ1v) is 4.49. The zero-order valence-corrected chi connectivity index (χ0v) is 8.45. The van der Waals surface area contributed by atoms with E-state index in [2.05, 4.69) is 5.10 Å². The van der Waals surface area contributed by atoms with E-state index >= 15 is 0 Å². The molecule has 0 unspecified atom stereocenters. The summed E-state index contributed by atoms with van der Waals surface area (Å²) in [5.41, 5.74) is 5.81. The first-order valence-electron chi connectivity index (χ1n) is 4.49. The normalized spacial score (nSPS) is 10.4. The number of nitrogens with two attached hydrogens (primary N) is 1. The zero-order valence-electron chi connectivity index (χ0n) is 8.45. The Hall–Kier alpha value is -2.11. The van der Waals surface area contributed by atoms with Crippen LogP contribution < -0.4 is 10.5 Å². The van der Waals surface area contributed by atoms with Crippen molar-refractivity contribution in [2.24, 2.45) is 7.05 Å². The third-order valence-corrected chi connectivity index (χ3v) is 1.94. The number of rotatable bonds is 2. The van der Waals surface area contributed by atoms with Crippen molar-refractivity contribution in [2.45, 2.75) is 0 Å². The van der Waals surface area contributed by atoms with Gasteiger partial charge in [0.2, 0.25) is 5.82 Å². The van der Waals surface area contributed by atoms with Gasteiger partial charge in [-0.15, -0.1) is 5.10 Å². The summed E-state index contributed by atoms with van der Waals surface area (Å²) in [6.07, 6.45) is 1.51. The SMILES string of the molecule is Cn1cc(N)c(Oc2cccc(F)c2F)n1. The minimum atomic E-state index is -1.06. The van der Waals surface area contributed by atoms with Gasteiger partial charge in [-0.1, -0.05) is 6.07 Å². The molecular formula is C10H9F2N3O. The number of benzene rings is 1. The summed E-state index contributed by atoms with van der Waals surface area (Å²) in [5, 5.41) is 3.86. The van der Waals surface area contributed by atoms with Crippen LogP contribution >= 0.6 is 0 Å². The molecule has 0 amide bonds. The van der Waals surface area contributed by atoms with Gasteiger partial charge >= 0.3 is 0 Å². The lowest BCUT2D eigenvalue weighted by atomic mass is 10.3. The van der Waals surface area contributed by atoms with E-state index in [1.807, 2.05) is 0 Å². The molecule has 4 nitrogen and oxygen atoms in total. The predicted molar refractivity (Wildman–Crippen MR) is 54.1 cm³/mol. The molecule has 0 aliphatic heterocycles. The molecule has 0 saturated carbocycles. The van der Waals surface area contributed by atoms with Gasteiger partial charge < -0.3 is 10.5 Å². The first kappa shape index (κ1) is 10.4. The lowest BCUT2D eigenvalue weighted by Gasteiger charge is -2.04. The minimum absolute atomic E-state index is 0.0481. The van der Waals surface area contributed by atoms with Gasteiger partial charge in [0, 0.05) is 7.05 Å². The smallest absolute Gasteiger partial charge is 0.261 e. The van der Waals surface area contributed by atoms with Crippen molar-refractivity contribution in [1.29, 1.82) is 0 Å². The highest BCUT2D eigenvalue weighted by molar-refractivity contribution is 5.48. The fourth-order valence-electron chi connectivity index (χ4n) is 1.23. The Morgan fingerprint density at radius 3 is 2.75 bits per heavy atom. The predicted octanol–water partition coefficient (Wildman–Crippen LogP) is 2.07. The van der Waals surface area contributed by atoms with Crippen LogP contribution in [0.1, 0.15) is 0 Å². The lowest BCUT2D eigenvalue weighted by molar-refractivity contribution is 0.402. The van der Waals surface area contributed by atoms with Crippen LogP contribution in [-0.2, 0) is 7.05 Å². The van der Waals surface area contributed by atoms with Crippen molar-refractivity contribution in [3.8, 4) is 11.6 Å². The van der Waals surface area contributed by atoms with Gasteiger partial charge in [0.1, 0.15) is 5.69 Å². The molecule has 0 bridgehead atoms. The van der Waals surface area contributed by atoms with E-state index in [1.54, 1.807) is 7.05 Å². The second-order valence-electron chi connectivity index (χ2n) is 3.22. The van der Waals surface area contributed by atoms with Gasteiger partial charge in [0.15, 0.2) is 11.6 Å². The van der Waals surface area contributed by atoms with Crippen molar-refractivity contribution >= 4 is 5.69 Å². The van der Waals surface area contributed by atoms with E-state index in [1.165, 1.54) is 23.0 Å². The van der Waals surface area contributed by atoms with Crippen molar-refractivity contribution in [3.05, 3.63) is 36.0 Å². The Labute approximate surface area is 90.2 Å². The van der Waals surface area contributed by atoms with Crippen LogP contribution in [0.3, 0.4) is 0 Å². The fourth-order valence-corrected chi connectivity index (χ4v) is 1.23. The number of nitrogen functional groups attached to an aromatic ring is 1. The van der Waals surface area contributed by atoms with Crippen LogP contribution in [0.15, 0.2) is 24.4 Å². The molecule has 0 spiro atoms. The highest BCUT2D eigenvalue weighted by Gasteiger charge is 2.13. The topological polar surface area (TPSA) is 53.1 Å². The van der Waals surface area contributed by atoms with Crippen LogP contribution in [0.4, 0.5) is 14.5 Å². The van der Waals surface area contributed by atoms with Crippen molar-refractivity contribution in [3.63, 3.8) is 0 Å². The number of aryl methyl sites for hydroxylation is 1. The Kier molecular flexibility index (Phi) is 2.47. The highest BCUT2D eigenvalue weighted by Crippen LogP contribution is 2.28. The number of ether oxygens (including phenoxy) is 1. The minimum Gasteiger partial charge on any atom is -0.433 e. The Morgan fingerprint density at radius 2 is 2.12 bits per heavy atom. The Morgan fingerprint density at radius 1 is 1.38 bits per heavy atom. The molecule has 0 aliphatic rings. The molecule has 0 aliphatic carbocycles. The molecule has 0 fully saturated rings. The Bertz CT molecular complexity index is 525. The molecule has 2 aromatic rings. The largest absolute Gasteiger partial charge is 0.433 e. The zero-order chi connectivity index (χ0) is 11.7. The molecule has 1 aromatic carbocycles. The maximum atomic E-state index is 13.3. The summed E-state index contributed by atoms with van der Waals surface area (Å²) >= 11 is 0. The first-order chi connectivity index (χ1) is 7.58. The number of anilines is 1.